The van der Waals surface area contributed by atoms with Crippen molar-refractivity contribution in [3.05, 3.63) is 95.6 Å². The van der Waals surface area contributed by atoms with Crippen LogP contribution in [0.2, 0.25) is 0 Å². The highest BCUT2D eigenvalue weighted by Gasteiger charge is 2.29. The molecule has 0 N–H and O–H groups in total. The van der Waals surface area contributed by atoms with Crippen LogP contribution < -0.4 is 9.05 Å². The zero-order valence-electron chi connectivity index (χ0n) is 31.2. The topological polar surface area (TPSA) is 18.5 Å². The monoisotopic (exact) mass is 722 g/mol. The van der Waals surface area contributed by atoms with Crippen molar-refractivity contribution in [2.45, 2.75) is 167 Å². The summed E-state index contributed by atoms with van der Waals surface area (Å²) in [6.07, 6.45) is 28.8. The van der Waals surface area contributed by atoms with E-state index in [-0.39, 0.29) is 5.25 Å². The van der Waals surface area contributed by atoms with Crippen LogP contribution in [0, 0.1) is 0 Å². The van der Waals surface area contributed by atoms with Gasteiger partial charge in [0.05, 0.1) is 0 Å². The molecule has 2 nitrogen and oxygen atoms in total. The van der Waals surface area contributed by atoms with Crippen molar-refractivity contribution in [1.29, 1.82) is 0 Å². The number of hydrogen-bond acceptors (Lipinski definition) is 4. The van der Waals surface area contributed by atoms with Crippen LogP contribution in [0.5, 0.6) is 11.5 Å². The molecule has 1 unspecified atom stereocenters. The van der Waals surface area contributed by atoms with Crippen molar-refractivity contribution in [2.75, 3.05) is 0 Å². The summed E-state index contributed by atoms with van der Waals surface area (Å²) in [6.45, 7) is 6.80. The van der Waals surface area contributed by atoms with Gasteiger partial charge in [0.25, 0.3) is 0 Å². The molecule has 3 rings (SSSR count). The molecular formula is C44H67O2PS2. The highest BCUT2D eigenvalue weighted by atomic mass is 32.9. The highest BCUT2D eigenvalue weighted by Crippen LogP contribution is 2.65. The molecule has 3 aromatic rings. The summed E-state index contributed by atoms with van der Waals surface area (Å²) in [4.78, 5) is 0. The Bertz CT molecular complexity index is 1220. The minimum Gasteiger partial charge on any atom is -0.428 e. The Labute approximate surface area is 310 Å². The Hall–Kier alpha value is -1.74. The van der Waals surface area contributed by atoms with Gasteiger partial charge in [0.15, 0.2) is 0 Å². The maximum Gasteiger partial charge on any atom is 0.349 e. The van der Waals surface area contributed by atoms with Gasteiger partial charge in [-0.25, -0.2) is 0 Å². The first-order valence-corrected chi connectivity index (χ1v) is 24.0. The largest absolute Gasteiger partial charge is 0.428 e. The summed E-state index contributed by atoms with van der Waals surface area (Å²) in [7, 11) is 0. The molecule has 5 heteroatoms. The molecule has 0 aromatic heterocycles. The number of benzene rings is 3. The van der Waals surface area contributed by atoms with Gasteiger partial charge in [0.1, 0.15) is 11.5 Å². The van der Waals surface area contributed by atoms with E-state index in [4.69, 9.17) is 20.9 Å². The Kier molecular flexibility index (Phi) is 22.2. The van der Waals surface area contributed by atoms with Crippen molar-refractivity contribution < 1.29 is 9.05 Å². The van der Waals surface area contributed by atoms with Gasteiger partial charge in [0, 0.05) is 5.25 Å². The fourth-order valence-corrected chi connectivity index (χ4v) is 12.0. The van der Waals surface area contributed by atoms with Crippen molar-refractivity contribution in [3.63, 3.8) is 0 Å². The van der Waals surface area contributed by atoms with Crippen LogP contribution in [0.4, 0.5) is 0 Å². The van der Waals surface area contributed by atoms with Crippen molar-refractivity contribution in [1.82, 2.24) is 0 Å². The third-order valence-corrected chi connectivity index (χ3v) is 14.6. The predicted octanol–water partition coefficient (Wildman–Crippen LogP) is 15.8. The van der Waals surface area contributed by atoms with Gasteiger partial charge < -0.3 is 9.05 Å². The Morgan fingerprint density at radius 1 is 0.490 bits per heavy atom. The number of unbranched alkanes of at least 4 members (excludes halogenated alkanes) is 18. The minimum atomic E-state index is -2.82. The molecule has 0 heterocycles. The molecule has 0 saturated heterocycles. The quantitative estimate of drug-likeness (QED) is 0.0524. The molecule has 0 saturated carbocycles. The smallest absolute Gasteiger partial charge is 0.349 e. The highest BCUT2D eigenvalue weighted by molar-refractivity contribution is 8.68. The van der Waals surface area contributed by atoms with Crippen molar-refractivity contribution in [3.8, 4) is 11.5 Å². The van der Waals surface area contributed by atoms with Crippen LogP contribution in [0.3, 0.4) is 0 Å². The van der Waals surface area contributed by atoms with Gasteiger partial charge >= 0.3 is 5.69 Å². The van der Waals surface area contributed by atoms with E-state index >= 15 is 0 Å². The predicted molar refractivity (Wildman–Crippen MR) is 222 cm³/mol. The molecule has 272 valence electrons. The van der Waals surface area contributed by atoms with Crippen LogP contribution in [0.1, 0.15) is 171 Å². The van der Waals surface area contributed by atoms with Gasteiger partial charge in [-0.2, -0.15) is 0 Å². The molecule has 0 aliphatic carbocycles. The van der Waals surface area contributed by atoms with E-state index in [1.54, 1.807) is 11.4 Å². The molecule has 0 radical (unpaired) electrons. The molecule has 0 amide bonds. The summed E-state index contributed by atoms with van der Waals surface area (Å²) in [6, 6.07) is 27.6. The summed E-state index contributed by atoms with van der Waals surface area (Å²) in [5.41, 5.74) is 0.906. The fourth-order valence-electron chi connectivity index (χ4n) is 6.49. The lowest BCUT2D eigenvalue weighted by molar-refractivity contribution is 0.495. The number of para-hydroxylation sites is 2. The van der Waals surface area contributed by atoms with Gasteiger partial charge in [-0.05, 0) is 84.6 Å². The van der Waals surface area contributed by atoms with Crippen LogP contribution in [-0.2, 0) is 24.6 Å². The first-order valence-electron chi connectivity index (χ1n) is 19.9. The number of aryl methyl sites for hydroxylation is 2. The number of hydrogen-bond donors (Lipinski definition) is 0. The van der Waals surface area contributed by atoms with E-state index in [0.29, 0.717) is 0 Å². The second-order valence-electron chi connectivity index (χ2n) is 13.9. The minimum absolute atomic E-state index is 0.148. The Morgan fingerprint density at radius 3 is 1.24 bits per heavy atom. The van der Waals surface area contributed by atoms with Crippen LogP contribution in [0.25, 0.3) is 0 Å². The summed E-state index contributed by atoms with van der Waals surface area (Å²) in [5, 5.41) is 0.148. The lowest BCUT2D eigenvalue weighted by Crippen LogP contribution is -2.04. The molecule has 0 aliphatic rings. The van der Waals surface area contributed by atoms with Gasteiger partial charge in [-0.1, -0.05) is 196 Å². The molecule has 0 bridgehead atoms. The zero-order chi connectivity index (χ0) is 34.8. The second kappa shape index (κ2) is 26.1. The lowest BCUT2D eigenvalue weighted by Gasteiger charge is -2.27. The molecular weight excluding hydrogens is 656 g/mol. The standard InChI is InChI=1S/C44H67O2PS2/c1-4-6-8-10-12-14-16-18-20-23-33-41-35-27-29-37-43(41)45-47(48,49-39(3)40-31-25-22-26-32-40)46-44-38-30-28-36-42(44)34-24-21-19-17-15-13-11-9-7-5-2/h22,25-32,35-39H,4-21,23-24,33-34H2,1-3H3. The number of rotatable bonds is 29. The zero-order valence-corrected chi connectivity index (χ0v) is 33.7. The second-order valence-corrected chi connectivity index (χ2v) is 20.3. The van der Waals surface area contributed by atoms with E-state index in [0.717, 1.165) is 24.3 Å². The van der Waals surface area contributed by atoms with Crippen molar-refractivity contribution >= 4 is 28.9 Å². The van der Waals surface area contributed by atoms with E-state index in [1.807, 2.05) is 0 Å². The molecule has 1 atom stereocenters. The van der Waals surface area contributed by atoms with Crippen LogP contribution in [-0.4, -0.2) is 0 Å². The third kappa shape index (κ3) is 17.8. The molecule has 0 aliphatic heterocycles. The van der Waals surface area contributed by atoms with E-state index in [1.165, 1.54) is 145 Å². The van der Waals surface area contributed by atoms with E-state index < -0.39 is 5.69 Å². The summed E-state index contributed by atoms with van der Waals surface area (Å²) in [5.74, 6) is 1.78. The van der Waals surface area contributed by atoms with E-state index in [2.05, 4.69) is 99.6 Å². The maximum atomic E-state index is 6.90. The SMILES string of the molecule is CCCCCCCCCCCCc1ccccc1OP(=S)(Oc1ccccc1CCCCCCCCCCCC)SC(C)c1ccccc1. The molecule has 0 fully saturated rings. The third-order valence-electron chi connectivity index (χ3n) is 9.52. The summed E-state index contributed by atoms with van der Waals surface area (Å²) < 4.78 is 13.8. The molecule has 49 heavy (non-hydrogen) atoms. The summed E-state index contributed by atoms with van der Waals surface area (Å²) >= 11 is 8.11. The average Bonchev–Trinajstić information content (AvgIpc) is 3.11. The molecule has 3 aromatic carbocycles. The fraction of sp³-hybridized carbons (Fsp3) is 0.591. The molecule has 0 spiro atoms. The maximum absolute atomic E-state index is 6.90. The van der Waals surface area contributed by atoms with Gasteiger partial charge in [-0.15, -0.1) is 0 Å². The first-order chi connectivity index (χ1) is 24.0. The Morgan fingerprint density at radius 2 is 0.837 bits per heavy atom. The van der Waals surface area contributed by atoms with Crippen molar-refractivity contribution in [2.24, 2.45) is 0 Å². The van der Waals surface area contributed by atoms with Gasteiger partial charge in [-0.3, -0.25) is 0 Å². The van der Waals surface area contributed by atoms with Crippen LogP contribution >= 0.6 is 17.1 Å². The average molecular weight is 723 g/mol. The first kappa shape index (κ1) is 41.7. The lowest BCUT2D eigenvalue weighted by atomic mass is 10.0. The normalized spacial score (nSPS) is 12.2. The van der Waals surface area contributed by atoms with Gasteiger partial charge in [0.2, 0.25) is 0 Å². The Balaban J connectivity index is 1.61. The van der Waals surface area contributed by atoms with E-state index in [9.17, 15) is 0 Å². The van der Waals surface area contributed by atoms with Crippen LogP contribution in [0.15, 0.2) is 78.9 Å².